The van der Waals surface area contributed by atoms with Gasteiger partial charge in [-0.1, -0.05) is 17.8 Å². The van der Waals surface area contributed by atoms with E-state index in [0.717, 1.165) is 4.88 Å². The third-order valence-corrected chi connectivity index (χ3v) is 4.04. The van der Waals surface area contributed by atoms with Gasteiger partial charge in [0.05, 0.1) is 0 Å². The lowest BCUT2D eigenvalue weighted by Gasteiger charge is -2.06. The lowest BCUT2D eigenvalue weighted by atomic mass is 10.0. The molecular weight excluding hydrogens is 264 g/mol. The minimum absolute atomic E-state index is 0.296. The van der Waals surface area contributed by atoms with Crippen LogP contribution < -0.4 is 10.7 Å². The zero-order valence-corrected chi connectivity index (χ0v) is 11.2. The standard InChI is InChI=1S/C12H8N4S2/c1-17-12-8(6-14)10(9-3-2-4-18-9)7(5-13)11(15)16-12/h2-4H,1H3,(H2,15,16)/p+1. The lowest BCUT2D eigenvalue weighted by Crippen LogP contribution is -2.18. The molecule has 0 aliphatic heterocycles. The zero-order chi connectivity index (χ0) is 13.1. The van der Waals surface area contributed by atoms with Crippen LogP contribution in [0.3, 0.4) is 0 Å². The summed E-state index contributed by atoms with van der Waals surface area (Å²) in [5.41, 5.74) is 7.26. The molecule has 0 amide bonds. The molecule has 88 valence electrons. The number of thiophene rings is 1. The largest absolute Gasteiger partial charge is 0.289 e. The summed E-state index contributed by atoms with van der Waals surface area (Å²) in [7, 11) is 0. The van der Waals surface area contributed by atoms with Gasteiger partial charge >= 0.3 is 0 Å². The molecule has 0 radical (unpaired) electrons. The molecule has 0 aromatic carbocycles. The van der Waals surface area contributed by atoms with E-state index in [1.54, 1.807) is 0 Å². The van der Waals surface area contributed by atoms with Gasteiger partial charge in [-0.15, -0.1) is 11.3 Å². The van der Waals surface area contributed by atoms with Crippen LogP contribution in [0.2, 0.25) is 0 Å². The number of H-pyrrole nitrogens is 1. The Kier molecular flexibility index (Phi) is 3.52. The van der Waals surface area contributed by atoms with Crippen LogP contribution in [0.15, 0.2) is 22.5 Å². The number of hydrogen-bond donors (Lipinski definition) is 1. The van der Waals surface area contributed by atoms with E-state index in [-0.39, 0.29) is 0 Å². The van der Waals surface area contributed by atoms with Crippen molar-refractivity contribution < 1.29 is 4.98 Å². The zero-order valence-electron chi connectivity index (χ0n) is 9.52. The molecule has 0 bridgehead atoms. The summed E-state index contributed by atoms with van der Waals surface area (Å²) in [6, 6.07) is 7.98. The van der Waals surface area contributed by atoms with Gasteiger partial charge in [0.25, 0.3) is 5.82 Å². The van der Waals surface area contributed by atoms with Gasteiger partial charge in [0.1, 0.15) is 17.7 Å². The van der Waals surface area contributed by atoms with Gasteiger partial charge < -0.3 is 0 Å². The van der Waals surface area contributed by atoms with E-state index in [1.165, 1.54) is 23.1 Å². The molecule has 0 spiro atoms. The van der Waals surface area contributed by atoms with Crippen molar-refractivity contribution in [3.63, 3.8) is 0 Å². The number of aromatic amines is 1. The Morgan fingerprint density at radius 3 is 2.56 bits per heavy atom. The van der Waals surface area contributed by atoms with E-state index in [4.69, 9.17) is 5.73 Å². The van der Waals surface area contributed by atoms with Gasteiger partial charge in [0.2, 0.25) is 0 Å². The number of nitriles is 2. The molecule has 0 aliphatic rings. The average Bonchev–Trinajstić information content (AvgIpc) is 2.90. The summed E-state index contributed by atoms with van der Waals surface area (Å²) in [6.45, 7) is 0. The van der Waals surface area contributed by atoms with Crippen LogP contribution in [0.25, 0.3) is 10.4 Å². The summed E-state index contributed by atoms with van der Waals surface area (Å²) in [5, 5.41) is 21.1. The molecule has 0 saturated carbocycles. The Bertz CT molecular complexity index is 663. The van der Waals surface area contributed by atoms with E-state index in [2.05, 4.69) is 17.1 Å². The molecule has 0 fully saturated rings. The molecule has 4 nitrogen and oxygen atoms in total. The van der Waals surface area contributed by atoms with E-state index in [0.29, 0.717) is 27.5 Å². The van der Waals surface area contributed by atoms with Gasteiger partial charge in [-0.25, -0.2) is 4.98 Å². The highest BCUT2D eigenvalue weighted by Gasteiger charge is 2.23. The molecule has 0 saturated heterocycles. The van der Waals surface area contributed by atoms with Gasteiger partial charge in [-0.3, -0.25) is 5.73 Å². The van der Waals surface area contributed by atoms with Crippen molar-refractivity contribution in [1.82, 2.24) is 0 Å². The first-order valence-electron chi connectivity index (χ1n) is 4.99. The Balaban J connectivity index is 2.88. The summed E-state index contributed by atoms with van der Waals surface area (Å²) < 4.78 is 0. The normalized spacial score (nSPS) is 9.72. The van der Waals surface area contributed by atoms with Crippen LogP contribution in [-0.2, 0) is 0 Å². The molecule has 2 aromatic rings. The van der Waals surface area contributed by atoms with Gasteiger partial charge in [-0.05, 0) is 17.7 Å². The van der Waals surface area contributed by atoms with Crippen LogP contribution in [0, 0.1) is 22.7 Å². The molecule has 0 atom stereocenters. The first kappa shape index (κ1) is 12.4. The first-order chi connectivity index (χ1) is 8.72. The number of aromatic nitrogens is 1. The highest BCUT2D eigenvalue weighted by Crippen LogP contribution is 2.35. The van der Waals surface area contributed by atoms with Gasteiger partial charge in [0, 0.05) is 10.4 Å². The quantitative estimate of drug-likeness (QED) is 0.850. The summed E-state index contributed by atoms with van der Waals surface area (Å²) >= 11 is 2.88. The number of nitrogens with one attached hydrogen (secondary N) is 1. The average molecular weight is 273 g/mol. The number of thioether (sulfide) groups is 1. The molecule has 3 N–H and O–H groups in total. The van der Waals surface area contributed by atoms with E-state index in [9.17, 15) is 10.5 Å². The fourth-order valence-corrected chi connectivity index (χ4v) is 3.01. The van der Waals surface area contributed by atoms with Crippen LogP contribution in [0.5, 0.6) is 0 Å². The Morgan fingerprint density at radius 1 is 1.33 bits per heavy atom. The van der Waals surface area contributed by atoms with E-state index < -0.39 is 0 Å². The maximum atomic E-state index is 9.31. The summed E-state index contributed by atoms with van der Waals surface area (Å²) in [6.07, 6.45) is 1.86. The number of nitrogens with two attached hydrogens (primary N) is 1. The van der Waals surface area contributed by atoms with E-state index in [1.807, 2.05) is 23.8 Å². The van der Waals surface area contributed by atoms with Crippen molar-refractivity contribution in [2.24, 2.45) is 0 Å². The Labute approximate surface area is 113 Å². The van der Waals surface area contributed by atoms with Crippen LogP contribution in [0.4, 0.5) is 5.82 Å². The first-order valence-corrected chi connectivity index (χ1v) is 7.10. The van der Waals surface area contributed by atoms with Crippen molar-refractivity contribution in [2.75, 3.05) is 12.0 Å². The number of nitrogens with zero attached hydrogens (tertiary/aromatic N) is 2. The molecule has 2 heterocycles. The second-order valence-corrected chi connectivity index (χ2v) is 5.16. The third kappa shape index (κ3) is 1.92. The second-order valence-electron chi connectivity index (χ2n) is 3.40. The number of hydrogen-bond acceptors (Lipinski definition) is 5. The molecule has 2 rings (SSSR count). The van der Waals surface area contributed by atoms with Crippen molar-refractivity contribution in [1.29, 1.82) is 10.5 Å². The fraction of sp³-hybridized carbons (Fsp3) is 0.0833. The third-order valence-electron chi connectivity index (χ3n) is 2.44. The Morgan fingerprint density at radius 2 is 2.06 bits per heavy atom. The molecule has 18 heavy (non-hydrogen) atoms. The smallest absolute Gasteiger partial charge is 0.286 e. The van der Waals surface area contributed by atoms with Crippen LogP contribution in [-0.4, -0.2) is 6.26 Å². The number of nitrogen functional groups attached to an aromatic ring is 1. The predicted octanol–water partition coefficient (Wildman–Crippen LogP) is 2.28. The number of rotatable bonds is 2. The van der Waals surface area contributed by atoms with Crippen molar-refractivity contribution in [2.45, 2.75) is 5.03 Å². The maximum Gasteiger partial charge on any atom is 0.289 e. The fourth-order valence-electron chi connectivity index (χ4n) is 1.66. The second kappa shape index (κ2) is 5.09. The lowest BCUT2D eigenvalue weighted by molar-refractivity contribution is -0.410. The maximum absolute atomic E-state index is 9.31. The highest BCUT2D eigenvalue weighted by molar-refractivity contribution is 7.98. The van der Waals surface area contributed by atoms with Crippen molar-refractivity contribution in [3.05, 3.63) is 28.6 Å². The summed E-state index contributed by atoms with van der Waals surface area (Å²) in [5.74, 6) is 0.296. The number of anilines is 1. The predicted molar refractivity (Wildman–Crippen MR) is 71.9 cm³/mol. The molecular formula is C12H9N4S2+. The van der Waals surface area contributed by atoms with Crippen molar-refractivity contribution >= 4 is 28.9 Å². The van der Waals surface area contributed by atoms with Crippen LogP contribution in [0.1, 0.15) is 11.1 Å². The van der Waals surface area contributed by atoms with Gasteiger partial charge in [-0.2, -0.15) is 10.5 Å². The minimum Gasteiger partial charge on any atom is -0.286 e. The van der Waals surface area contributed by atoms with Gasteiger partial charge in [0.15, 0.2) is 10.6 Å². The van der Waals surface area contributed by atoms with Crippen molar-refractivity contribution in [3.8, 4) is 22.6 Å². The molecule has 2 aromatic heterocycles. The Hall–Kier alpha value is -2.02. The topological polar surface area (TPSA) is 87.7 Å². The highest BCUT2D eigenvalue weighted by atomic mass is 32.2. The number of pyridine rings is 1. The molecule has 0 aliphatic carbocycles. The van der Waals surface area contributed by atoms with E-state index >= 15 is 0 Å². The minimum atomic E-state index is 0.296. The molecule has 6 heteroatoms. The molecule has 0 unspecified atom stereocenters. The monoisotopic (exact) mass is 273 g/mol. The SMILES string of the molecule is CSc1[nH+]c(N)c(C#N)c(-c2cccs2)c1C#N. The summed E-state index contributed by atoms with van der Waals surface area (Å²) in [4.78, 5) is 3.77. The van der Waals surface area contributed by atoms with Crippen LogP contribution >= 0.6 is 23.1 Å².